The summed E-state index contributed by atoms with van der Waals surface area (Å²) >= 11 is 0. The number of carbonyl (C=O) groups excluding carboxylic acids is 1. The number of benzene rings is 2. The van der Waals surface area contributed by atoms with Gasteiger partial charge in [-0.15, -0.1) is 0 Å². The molecule has 0 bridgehead atoms. The summed E-state index contributed by atoms with van der Waals surface area (Å²) in [6.07, 6.45) is 14.4. The Balaban J connectivity index is 1.53. The molecule has 0 heterocycles. The number of hydrogen-bond donors (Lipinski definition) is 1. The first-order valence-electron chi connectivity index (χ1n) is 16.6. The number of hydrogen-bond acceptors (Lipinski definition) is 4. The van der Waals surface area contributed by atoms with Crippen LogP contribution in [0.25, 0.3) is 0 Å². The van der Waals surface area contributed by atoms with E-state index < -0.39 is 40.7 Å². The van der Waals surface area contributed by atoms with E-state index in [1.54, 1.807) is 12.1 Å². The molecule has 0 aliphatic heterocycles. The van der Waals surface area contributed by atoms with Crippen molar-refractivity contribution in [2.75, 3.05) is 6.61 Å². The highest BCUT2D eigenvalue weighted by Crippen LogP contribution is 2.43. The number of halogens is 3. The summed E-state index contributed by atoms with van der Waals surface area (Å²) in [5.74, 6) is -6.04. The third kappa shape index (κ3) is 10.00. The van der Waals surface area contributed by atoms with Crippen LogP contribution in [0.4, 0.5) is 13.2 Å². The van der Waals surface area contributed by atoms with Gasteiger partial charge in [-0.1, -0.05) is 96.6 Å². The Kier molecular flexibility index (Phi) is 14.6. The summed E-state index contributed by atoms with van der Waals surface area (Å²) in [5.41, 5.74) is -2.14. The number of carboxylic acid groups (broad SMARTS) is 1. The standard InChI is InChI=1S/C36H49F3O5/c1-3-5-6-7-8-9-10-11-15-24-43-31-23-22-30(32(37)33(31)38)34(40)44-29-20-18-27(19-21-29)26(4-2)25-36(39,35(41)42)28-16-13-12-14-17-28/h18-23,26,28H,3-17,24-25H2,1-2H3,(H,41,42)/t26?,36-/m0/s1. The molecule has 1 saturated carbocycles. The highest BCUT2D eigenvalue weighted by atomic mass is 19.2. The number of ether oxygens (including phenoxy) is 2. The van der Waals surface area contributed by atoms with Gasteiger partial charge in [0, 0.05) is 5.92 Å². The van der Waals surface area contributed by atoms with E-state index in [9.17, 15) is 23.5 Å². The molecule has 0 spiro atoms. The predicted molar refractivity (Wildman–Crippen MR) is 166 cm³/mol. The van der Waals surface area contributed by atoms with E-state index in [1.807, 2.05) is 6.92 Å². The Hall–Kier alpha value is -3.03. The second-order valence-electron chi connectivity index (χ2n) is 12.2. The van der Waals surface area contributed by atoms with Crippen molar-refractivity contribution in [3.8, 4) is 11.5 Å². The lowest BCUT2D eigenvalue weighted by Crippen LogP contribution is -2.43. The molecule has 244 valence electrons. The van der Waals surface area contributed by atoms with Crippen molar-refractivity contribution in [2.24, 2.45) is 5.92 Å². The SMILES string of the molecule is CCCCCCCCCCCOc1ccc(C(=O)Oc2ccc(C(CC)C[C@@](F)(C(=O)O)C3CCCCC3)cc2)c(F)c1F. The number of alkyl halides is 1. The van der Waals surface area contributed by atoms with Crippen LogP contribution in [0, 0.1) is 17.6 Å². The molecule has 1 aliphatic carbocycles. The maximum atomic E-state index is 15.9. The minimum Gasteiger partial charge on any atom is -0.490 e. The molecule has 1 fully saturated rings. The van der Waals surface area contributed by atoms with Gasteiger partial charge in [-0.25, -0.2) is 18.4 Å². The van der Waals surface area contributed by atoms with E-state index in [4.69, 9.17) is 9.47 Å². The van der Waals surface area contributed by atoms with Crippen molar-refractivity contribution in [2.45, 2.75) is 128 Å². The fourth-order valence-corrected chi connectivity index (χ4v) is 6.21. The first-order chi connectivity index (χ1) is 21.2. The van der Waals surface area contributed by atoms with Gasteiger partial charge in [-0.05, 0) is 67.9 Å². The van der Waals surface area contributed by atoms with Gasteiger partial charge in [-0.2, -0.15) is 4.39 Å². The smallest absolute Gasteiger partial charge is 0.346 e. The molecule has 8 heteroatoms. The Morgan fingerprint density at radius 3 is 2.07 bits per heavy atom. The van der Waals surface area contributed by atoms with E-state index >= 15 is 4.39 Å². The van der Waals surface area contributed by atoms with E-state index in [1.165, 1.54) is 50.3 Å². The summed E-state index contributed by atoms with van der Waals surface area (Å²) in [5, 5.41) is 9.80. The van der Waals surface area contributed by atoms with E-state index in [0.29, 0.717) is 19.3 Å². The van der Waals surface area contributed by atoms with Crippen molar-refractivity contribution in [3.63, 3.8) is 0 Å². The van der Waals surface area contributed by atoms with Gasteiger partial charge in [0.2, 0.25) is 11.5 Å². The zero-order valence-electron chi connectivity index (χ0n) is 26.4. The van der Waals surface area contributed by atoms with E-state index in [0.717, 1.165) is 56.6 Å². The Morgan fingerprint density at radius 2 is 1.48 bits per heavy atom. The zero-order chi connectivity index (χ0) is 32.0. The minimum absolute atomic E-state index is 0.108. The van der Waals surface area contributed by atoms with Crippen molar-refractivity contribution < 1.29 is 37.3 Å². The lowest BCUT2D eigenvalue weighted by molar-refractivity contribution is -0.157. The first kappa shape index (κ1) is 35.4. The predicted octanol–water partition coefficient (Wildman–Crippen LogP) is 10.4. The maximum Gasteiger partial charge on any atom is 0.346 e. The average molecular weight is 619 g/mol. The summed E-state index contributed by atoms with van der Waals surface area (Å²) in [6.45, 7) is 4.33. The fourth-order valence-electron chi connectivity index (χ4n) is 6.21. The van der Waals surface area contributed by atoms with E-state index in [2.05, 4.69) is 6.92 Å². The number of carbonyl (C=O) groups is 2. The largest absolute Gasteiger partial charge is 0.490 e. The van der Waals surface area contributed by atoms with Crippen molar-refractivity contribution in [1.29, 1.82) is 0 Å². The molecule has 44 heavy (non-hydrogen) atoms. The normalized spacial score (nSPS) is 15.8. The van der Waals surface area contributed by atoms with Gasteiger partial charge in [0.15, 0.2) is 11.6 Å². The van der Waals surface area contributed by atoms with Gasteiger partial charge in [0.05, 0.1) is 12.2 Å². The Bertz CT molecular complexity index is 1180. The van der Waals surface area contributed by atoms with Crippen LogP contribution in [0.2, 0.25) is 0 Å². The highest BCUT2D eigenvalue weighted by molar-refractivity contribution is 5.91. The number of aliphatic carboxylic acids is 1. The van der Waals surface area contributed by atoms with E-state index in [-0.39, 0.29) is 30.4 Å². The quantitative estimate of drug-likeness (QED) is 0.0963. The molecule has 1 aliphatic rings. The summed E-state index contributed by atoms with van der Waals surface area (Å²) in [6, 6.07) is 8.67. The van der Waals surface area contributed by atoms with Crippen LogP contribution in [0.15, 0.2) is 36.4 Å². The number of esters is 1. The van der Waals surface area contributed by atoms with Crippen LogP contribution in [-0.2, 0) is 4.79 Å². The molecule has 2 aromatic carbocycles. The van der Waals surface area contributed by atoms with Gasteiger partial charge >= 0.3 is 11.9 Å². The monoisotopic (exact) mass is 618 g/mol. The summed E-state index contributed by atoms with van der Waals surface area (Å²) in [7, 11) is 0. The van der Waals surface area contributed by atoms with Crippen molar-refractivity contribution in [1.82, 2.24) is 0 Å². The Labute approximate surface area is 260 Å². The molecule has 2 atom stereocenters. The van der Waals surface area contributed by atoms with Gasteiger partial charge < -0.3 is 14.6 Å². The summed E-state index contributed by atoms with van der Waals surface area (Å²) in [4.78, 5) is 24.7. The fraction of sp³-hybridized carbons (Fsp3) is 0.611. The molecular formula is C36H49F3O5. The first-order valence-corrected chi connectivity index (χ1v) is 16.6. The second kappa shape index (κ2) is 18.1. The van der Waals surface area contributed by atoms with Crippen molar-refractivity contribution >= 4 is 11.9 Å². The number of unbranched alkanes of at least 4 members (excludes halogenated alkanes) is 8. The third-order valence-electron chi connectivity index (χ3n) is 8.98. The number of rotatable bonds is 19. The van der Waals surface area contributed by atoms with Crippen LogP contribution in [-0.4, -0.2) is 29.3 Å². The molecule has 0 aromatic heterocycles. The third-order valence-corrected chi connectivity index (χ3v) is 8.98. The highest BCUT2D eigenvalue weighted by Gasteiger charge is 2.48. The topological polar surface area (TPSA) is 72.8 Å². The van der Waals surface area contributed by atoms with Crippen LogP contribution in [0.5, 0.6) is 11.5 Å². The molecule has 0 saturated heterocycles. The number of carboxylic acids is 1. The van der Waals surface area contributed by atoms with Crippen LogP contribution >= 0.6 is 0 Å². The molecule has 1 unspecified atom stereocenters. The lowest BCUT2D eigenvalue weighted by Gasteiger charge is -2.35. The Morgan fingerprint density at radius 1 is 0.864 bits per heavy atom. The van der Waals surface area contributed by atoms with Crippen molar-refractivity contribution in [3.05, 3.63) is 59.2 Å². The van der Waals surface area contributed by atoms with Crippen LogP contribution in [0.1, 0.15) is 138 Å². The summed E-state index contributed by atoms with van der Waals surface area (Å²) < 4.78 is 56.1. The molecule has 0 amide bonds. The molecule has 3 rings (SSSR count). The zero-order valence-corrected chi connectivity index (χ0v) is 26.4. The minimum atomic E-state index is -2.31. The van der Waals surface area contributed by atoms with Crippen LogP contribution in [0.3, 0.4) is 0 Å². The maximum absolute atomic E-state index is 15.9. The van der Waals surface area contributed by atoms with Crippen LogP contribution < -0.4 is 9.47 Å². The molecule has 0 radical (unpaired) electrons. The average Bonchev–Trinajstić information content (AvgIpc) is 3.03. The lowest BCUT2D eigenvalue weighted by atomic mass is 9.72. The van der Waals surface area contributed by atoms with Gasteiger partial charge in [0.1, 0.15) is 5.75 Å². The molecular weight excluding hydrogens is 569 g/mol. The van der Waals surface area contributed by atoms with Gasteiger partial charge in [0.25, 0.3) is 0 Å². The molecule has 2 aromatic rings. The molecule has 5 nitrogen and oxygen atoms in total. The molecule has 1 N–H and O–H groups in total. The second-order valence-corrected chi connectivity index (χ2v) is 12.2. The van der Waals surface area contributed by atoms with Gasteiger partial charge in [-0.3, -0.25) is 0 Å².